The minimum absolute atomic E-state index is 0.185. The molecule has 2 rings (SSSR count). The van der Waals surface area contributed by atoms with E-state index in [9.17, 15) is 4.79 Å². The van der Waals surface area contributed by atoms with Gasteiger partial charge in [0.1, 0.15) is 18.8 Å². The van der Waals surface area contributed by atoms with Crippen LogP contribution in [0.5, 0.6) is 0 Å². The fourth-order valence-corrected chi connectivity index (χ4v) is 2.00. The van der Waals surface area contributed by atoms with Gasteiger partial charge in [-0.1, -0.05) is 30.3 Å². The van der Waals surface area contributed by atoms with Crippen LogP contribution in [0.4, 0.5) is 0 Å². The molecular weight excluding hydrogens is 258 g/mol. The maximum atomic E-state index is 10.8. The molecule has 0 bridgehead atoms. The Bertz CT molecular complexity index is 472. The molecule has 0 fully saturated rings. The molecule has 0 N–H and O–H groups in total. The lowest BCUT2D eigenvalue weighted by Crippen LogP contribution is -2.32. The first-order valence-corrected chi connectivity index (χ1v) is 6.61. The zero-order valence-corrected chi connectivity index (χ0v) is 11.7. The summed E-state index contributed by atoms with van der Waals surface area (Å²) in [6.45, 7) is 4.35. The Morgan fingerprint density at radius 3 is 2.75 bits per heavy atom. The monoisotopic (exact) mass is 277 g/mol. The van der Waals surface area contributed by atoms with E-state index in [1.165, 1.54) is 6.92 Å². The van der Waals surface area contributed by atoms with Gasteiger partial charge in [-0.05, 0) is 5.56 Å². The maximum absolute atomic E-state index is 10.8. The van der Waals surface area contributed by atoms with Crippen LogP contribution in [-0.4, -0.2) is 37.2 Å². The van der Waals surface area contributed by atoms with Gasteiger partial charge in [0.2, 0.25) is 0 Å². The fraction of sp³-hybridized carbons (Fsp3) is 0.467. The van der Waals surface area contributed by atoms with E-state index < -0.39 is 0 Å². The Labute approximate surface area is 118 Å². The molecule has 0 radical (unpaired) electrons. The van der Waals surface area contributed by atoms with Crippen LogP contribution >= 0.6 is 0 Å². The molecule has 1 aromatic carbocycles. The summed E-state index contributed by atoms with van der Waals surface area (Å²) in [4.78, 5) is 15.1. The first-order chi connectivity index (χ1) is 9.65. The normalized spacial score (nSPS) is 21.2. The van der Waals surface area contributed by atoms with Gasteiger partial charge in [-0.15, -0.1) is 0 Å². The third-order valence-electron chi connectivity index (χ3n) is 2.95. The quantitative estimate of drug-likeness (QED) is 0.746. The highest BCUT2D eigenvalue weighted by molar-refractivity contribution is 5.75. The number of carbonyl (C=O) groups is 1. The van der Waals surface area contributed by atoms with Crippen molar-refractivity contribution < 1.29 is 19.0 Å². The van der Waals surface area contributed by atoms with Gasteiger partial charge in [0.25, 0.3) is 0 Å². The van der Waals surface area contributed by atoms with Crippen LogP contribution in [0.25, 0.3) is 0 Å². The molecule has 0 aliphatic carbocycles. The van der Waals surface area contributed by atoms with E-state index in [1.54, 1.807) is 6.92 Å². The molecule has 108 valence electrons. The van der Waals surface area contributed by atoms with E-state index in [0.29, 0.717) is 19.1 Å². The van der Waals surface area contributed by atoms with Gasteiger partial charge in [0.15, 0.2) is 5.90 Å². The molecule has 2 atom stereocenters. The molecular formula is C15H19NO4. The van der Waals surface area contributed by atoms with E-state index in [-0.39, 0.29) is 24.7 Å². The predicted octanol–water partition coefficient (Wildman–Crippen LogP) is 1.95. The van der Waals surface area contributed by atoms with Gasteiger partial charge in [-0.25, -0.2) is 4.99 Å². The Kier molecular flexibility index (Phi) is 5.12. The number of benzene rings is 1. The van der Waals surface area contributed by atoms with Gasteiger partial charge in [-0.2, -0.15) is 0 Å². The summed E-state index contributed by atoms with van der Waals surface area (Å²) in [5.41, 5.74) is 1.11. The van der Waals surface area contributed by atoms with Gasteiger partial charge in [0.05, 0.1) is 13.2 Å². The molecule has 0 saturated heterocycles. The second-order valence-corrected chi connectivity index (χ2v) is 4.68. The summed E-state index contributed by atoms with van der Waals surface area (Å²) in [6.07, 6.45) is -0.196. The topological polar surface area (TPSA) is 57.1 Å². The molecule has 5 nitrogen and oxygen atoms in total. The van der Waals surface area contributed by atoms with Crippen LogP contribution in [0.15, 0.2) is 35.3 Å². The molecule has 0 spiro atoms. The number of carbonyl (C=O) groups excluding carboxylic acids is 1. The zero-order chi connectivity index (χ0) is 14.4. The zero-order valence-electron chi connectivity index (χ0n) is 11.7. The lowest BCUT2D eigenvalue weighted by atomic mass is 10.2. The SMILES string of the molecule is CC(=O)OC[C@H]1N=C(C)O[C@H]1COCc1ccccc1. The first kappa shape index (κ1) is 14.5. The smallest absolute Gasteiger partial charge is 0.302 e. The van der Waals surface area contributed by atoms with Crippen molar-refractivity contribution in [1.82, 2.24) is 0 Å². The van der Waals surface area contributed by atoms with E-state index in [4.69, 9.17) is 14.2 Å². The number of rotatable bonds is 6. The van der Waals surface area contributed by atoms with Crippen LogP contribution in [0, 0.1) is 0 Å². The minimum atomic E-state index is -0.311. The summed E-state index contributed by atoms with van der Waals surface area (Å²) in [5.74, 6) is 0.296. The molecule has 0 saturated carbocycles. The first-order valence-electron chi connectivity index (χ1n) is 6.61. The van der Waals surface area contributed by atoms with E-state index >= 15 is 0 Å². The molecule has 0 aromatic heterocycles. The van der Waals surface area contributed by atoms with Crippen molar-refractivity contribution in [3.63, 3.8) is 0 Å². The summed E-state index contributed by atoms with van der Waals surface area (Å²) in [7, 11) is 0. The minimum Gasteiger partial charge on any atom is -0.473 e. The molecule has 1 aromatic rings. The van der Waals surface area contributed by atoms with E-state index in [0.717, 1.165) is 5.56 Å². The summed E-state index contributed by atoms with van der Waals surface area (Å²) < 4.78 is 16.2. The molecule has 1 aliphatic rings. The molecule has 1 aliphatic heterocycles. The van der Waals surface area contributed by atoms with Gasteiger partial charge in [0, 0.05) is 13.8 Å². The average molecular weight is 277 g/mol. The standard InChI is InChI=1S/C15H19NO4/c1-11-16-14(9-19-12(2)17)15(20-11)10-18-8-13-6-4-3-5-7-13/h3-7,14-15H,8-10H2,1-2H3/t14-,15+/m1/s1. The highest BCUT2D eigenvalue weighted by Gasteiger charge is 2.30. The number of esters is 1. The summed E-state index contributed by atoms with van der Waals surface area (Å²) in [5, 5.41) is 0. The van der Waals surface area contributed by atoms with Gasteiger partial charge in [-0.3, -0.25) is 4.79 Å². The van der Waals surface area contributed by atoms with Gasteiger partial charge < -0.3 is 14.2 Å². The Morgan fingerprint density at radius 2 is 2.05 bits per heavy atom. The number of ether oxygens (including phenoxy) is 3. The fourth-order valence-electron chi connectivity index (χ4n) is 2.00. The van der Waals surface area contributed by atoms with Crippen LogP contribution < -0.4 is 0 Å². The molecule has 1 heterocycles. The van der Waals surface area contributed by atoms with Crippen LogP contribution in [0.1, 0.15) is 19.4 Å². The summed E-state index contributed by atoms with van der Waals surface area (Å²) >= 11 is 0. The molecule has 5 heteroatoms. The van der Waals surface area contributed by atoms with E-state index in [2.05, 4.69) is 4.99 Å². The second kappa shape index (κ2) is 7.05. The highest BCUT2D eigenvalue weighted by Crippen LogP contribution is 2.15. The van der Waals surface area contributed by atoms with Crippen molar-refractivity contribution in [3.05, 3.63) is 35.9 Å². The van der Waals surface area contributed by atoms with Crippen molar-refractivity contribution in [1.29, 1.82) is 0 Å². The van der Waals surface area contributed by atoms with Crippen molar-refractivity contribution in [2.24, 2.45) is 4.99 Å². The number of hydrogen-bond acceptors (Lipinski definition) is 5. The van der Waals surface area contributed by atoms with Crippen molar-refractivity contribution in [2.45, 2.75) is 32.6 Å². The van der Waals surface area contributed by atoms with Gasteiger partial charge >= 0.3 is 5.97 Å². The van der Waals surface area contributed by atoms with Crippen LogP contribution in [0.3, 0.4) is 0 Å². The average Bonchev–Trinajstić information content (AvgIpc) is 2.78. The lowest BCUT2D eigenvalue weighted by Gasteiger charge is -2.17. The third-order valence-corrected chi connectivity index (χ3v) is 2.95. The molecule has 0 unspecified atom stereocenters. The summed E-state index contributed by atoms with van der Waals surface area (Å²) in [6, 6.07) is 9.75. The largest absolute Gasteiger partial charge is 0.473 e. The lowest BCUT2D eigenvalue weighted by molar-refractivity contribution is -0.142. The Balaban J connectivity index is 1.78. The van der Waals surface area contributed by atoms with Crippen LogP contribution in [0.2, 0.25) is 0 Å². The van der Waals surface area contributed by atoms with Crippen LogP contribution in [-0.2, 0) is 25.6 Å². The van der Waals surface area contributed by atoms with Crippen molar-refractivity contribution in [3.8, 4) is 0 Å². The maximum Gasteiger partial charge on any atom is 0.302 e. The predicted molar refractivity (Wildman–Crippen MR) is 74.5 cm³/mol. The number of hydrogen-bond donors (Lipinski definition) is 0. The van der Waals surface area contributed by atoms with Crippen molar-refractivity contribution in [2.75, 3.05) is 13.2 Å². The number of nitrogens with zero attached hydrogens (tertiary/aromatic N) is 1. The Hall–Kier alpha value is -1.88. The molecule has 0 amide bonds. The van der Waals surface area contributed by atoms with E-state index in [1.807, 2.05) is 30.3 Å². The Morgan fingerprint density at radius 1 is 1.30 bits per heavy atom. The van der Waals surface area contributed by atoms with Crippen molar-refractivity contribution >= 4 is 11.9 Å². The second-order valence-electron chi connectivity index (χ2n) is 4.68. The number of aliphatic imine (C=N–C) groups is 1. The highest BCUT2D eigenvalue weighted by atomic mass is 16.6. The third kappa shape index (κ3) is 4.35. The molecule has 20 heavy (non-hydrogen) atoms.